The van der Waals surface area contributed by atoms with Crippen LogP contribution in [0.25, 0.3) is 0 Å². The molecule has 0 radical (unpaired) electrons. The molecular formula is C11H11ClN2O3S2. The number of sulfonamides is 1. The molecule has 2 rings (SSSR count). The first kappa shape index (κ1) is 14.3. The summed E-state index contributed by atoms with van der Waals surface area (Å²) < 4.78 is 27.2. The minimum absolute atomic E-state index is 0.301. The van der Waals surface area contributed by atoms with Gasteiger partial charge in [0.15, 0.2) is 0 Å². The third-order valence-corrected chi connectivity index (χ3v) is 5.41. The van der Waals surface area contributed by atoms with Gasteiger partial charge < -0.3 is 4.98 Å². The van der Waals surface area contributed by atoms with Gasteiger partial charge >= 0.3 is 0 Å². The lowest BCUT2D eigenvalue weighted by Crippen LogP contribution is -2.30. The van der Waals surface area contributed by atoms with Gasteiger partial charge in [-0.3, -0.25) is 4.79 Å². The van der Waals surface area contributed by atoms with Crippen molar-refractivity contribution < 1.29 is 8.42 Å². The first-order valence-corrected chi connectivity index (χ1v) is 8.02. The van der Waals surface area contributed by atoms with E-state index in [1.54, 1.807) is 19.1 Å². The van der Waals surface area contributed by atoms with Gasteiger partial charge in [0.2, 0.25) is 15.5 Å². The lowest BCUT2D eigenvalue weighted by atomic mass is 10.3. The van der Waals surface area contributed by atoms with Crippen molar-refractivity contribution >= 4 is 33.0 Å². The van der Waals surface area contributed by atoms with Crippen LogP contribution in [0, 0.1) is 0 Å². The normalized spacial score (nSPS) is 13.4. The molecule has 2 aromatic heterocycles. The highest BCUT2D eigenvalue weighted by Crippen LogP contribution is 2.27. The van der Waals surface area contributed by atoms with Crippen LogP contribution < -0.4 is 10.2 Å². The van der Waals surface area contributed by atoms with Gasteiger partial charge in [0, 0.05) is 23.3 Å². The number of aromatic amines is 1. The van der Waals surface area contributed by atoms with E-state index in [-0.39, 0.29) is 4.90 Å². The van der Waals surface area contributed by atoms with Crippen LogP contribution in [0.1, 0.15) is 17.8 Å². The number of rotatable bonds is 4. The number of aromatic nitrogens is 1. The Morgan fingerprint density at radius 2 is 2.11 bits per heavy atom. The van der Waals surface area contributed by atoms with Gasteiger partial charge in [-0.05, 0) is 19.1 Å². The molecule has 0 aliphatic rings. The lowest BCUT2D eigenvalue weighted by molar-refractivity contribution is 0.567. The summed E-state index contributed by atoms with van der Waals surface area (Å²) in [5, 5.41) is 0. The van der Waals surface area contributed by atoms with Crippen LogP contribution in [0.5, 0.6) is 0 Å². The Morgan fingerprint density at radius 3 is 2.68 bits per heavy atom. The van der Waals surface area contributed by atoms with Crippen LogP contribution in [0.15, 0.2) is 40.3 Å². The number of nitrogens with one attached hydrogen (secondary N) is 2. The molecule has 0 aliphatic carbocycles. The minimum Gasteiger partial charge on any atom is -0.366 e. The average molecular weight is 319 g/mol. The molecule has 5 nitrogen and oxygen atoms in total. The smallest absolute Gasteiger partial charge is 0.246 e. The van der Waals surface area contributed by atoms with Gasteiger partial charge in [-0.1, -0.05) is 11.6 Å². The van der Waals surface area contributed by atoms with Crippen molar-refractivity contribution in [1.29, 1.82) is 0 Å². The molecule has 1 unspecified atom stereocenters. The van der Waals surface area contributed by atoms with Crippen molar-refractivity contribution in [1.82, 2.24) is 9.71 Å². The van der Waals surface area contributed by atoms with Crippen molar-refractivity contribution in [2.75, 3.05) is 0 Å². The van der Waals surface area contributed by atoms with E-state index in [2.05, 4.69) is 9.71 Å². The third-order valence-electron chi connectivity index (χ3n) is 2.43. The van der Waals surface area contributed by atoms with Crippen LogP contribution in [-0.2, 0) is 10.0 Å². The van der Waals surface area contributed by atoms with E-state index in [0.717, 1.165) is 4.88 Å². The summed E-state index contributed by atoms with van der Waals surface area (Å²) in [4.78, 5) is 14.6. The zero-order valence-corrected chi connectivity index (χ0v) is 12.3. The van der Waals surface area contributed by atoms with E-state index in [4.69, 9.17) is 11.6 Å². The molecule has 19 heavy (non-hydrogen) atoms. The minimum atomic E-state index is -3.86. The molecule has 0 saturated carbocycles. The molecule has 0 amide bonds. The molecule has 2 N–H and O–H groups in total. The quantitative estimate of drug-likeness (QED) is 0.906. The van der Waals surface area contributed by atoms with E-state index in [1.807, 2.05) is 0 Å². The molecule has 8 heteroatoms. The molecule has 2 aromatic rings. The van der Waals surface area contributed by atoms with Crippen LogP contribution >= 0.6 is 22.9 Å². The van der Waals surface area contributed by atoms with E-state index in [0.29, 0.717) is 4.34 Å². The average Bonchev–Trinajstić information content (AvgIpc) is 2.76. The molecule has 0 spiro atoms. The van der Waals surface area contributed by atoms with E-state index in [1.165, 1.54) is 29.8 Å². The highest BCUT2D eigenvalue weighted by atomic mass is 35.5. The number of thiophene rings is 1. The molecule has 0 fully saturated rings. The lowest BCUT2D eigenvalue weighted by Gasteiger charge is -2.12. The molecule has 1 atom stereocenters. The predicted octanol–water partition coefficient (Wildman–Crippen LogP) is 2.13. The zero-order chi connectivity index (χ0) is 14.0. The Labute approximate surface area is 119 Å². The Bertz CT molecular complexity index is 736. The van der Waals surface area contributed by atoms with E-state index < -0.39 is 21.5 Å². The van der Waals surface area contributed by atoms with Crippen molar-refractivity contribution in [3.63, 3.8) is 0 Å². The fourth-order valence-electron chi connectivity index (χ4n) is 1.53. The van der Waals surface area contributed by atoms with Gasteiger partial charge in [-0.25, -0.2) is 13.1 Å². The summed E-state index contributed by atoms with van der Waals surface area (Å²) in [7, 11) is -3.86. The van der Waals surface area contributed by atoms with Crippen molar-refractivity contribution in [2.45, 2.75) is 17.9 Å². The SMILES string of the molecule is CC(NS(=O)(=O)c1c[nH]ccc1=O)c1ccc(Cl)s1. The van der Waals surface area contributed by atoms with Gasteiger partial charge in [-0.15, -0.1) is 11.3 Å². The maximum absolute atomic E-state index is 12.1. The molecular weight excluding hydrogens is 308 g/mol. The number of pyridine rings is 1. The maximum atomic E-state index is 12.1. The van der Waals surface area contributed by atoms with Crippen LogP contribution in [0.2, 0.25) is 4.34 Å². The Hall–Kier alpha value is -1.15. The number of hydrogen-bond acceptors (Lipinski definition) is 4. The second-order valence-electron chi connectivity index (χ2n) is 3.86. The van der Waals surface area contributed by atoms with Gasteiger partial charge in [0.05, 0.1) is 10.4 Å². The summed E-state index contributed by atoms with van der Waals surface area (Å²) >= 11 is 7.09. The molecule has 0 saturated heterocycles. The monoisotopic (exact) mass is 318 g/mol. The Kier molecular flexibility index (Phi) is 4.10. The van der Waals surface area contributed by atoms with Crippen LogP contribution in [0.4, 0.5) is 0 Å². The summed E-state index contributed by atoms with van der Waals surface area (Å²) in [6, 6.07) is 4.15. The summed E-state index contributed by atoms with van der Waals surface area (Å²) in [6.45, 7) is 1.69. The summed E-state index contributed by atoms with van der Waals surface area (Å²) in [5.41, 5.74) is -0.553. The van der Waals surface area contributed by atoms with E-state index in [9.17, 15) is 13.2 Å². The van der Waals surface area contributed by atoms with Crippen molar-refractivity contribution in [3.05, 3.63) is 50.0 Å². The fourth-order valence-corrected chi connectivity index (χ4v) is 3.94. The van der Waals surface area contributed by atoms with E-state index >= 15 is 0 Å². The molecule has 0 bridgehead atoms. The number of H-pyrrole nitrogens is 1. The summed E-state index contributed by atoms with van der Waals surface area (Å²) in [5.74, 6) is 0. The second kappa shape index (κ2) is 5.46. The highest BCUT2D eigenvalue weighted by Gasteiger charge is 2.21. The predicted molar refractivity (Wildman–Crippen MR) is 75.1 cm³/mol. The topological polar surface area (TPSA) is 79.0 Å². The van der Waals surface area contributed by atoms with Gasteiger partial charge in [-0.2, -0.15) is 0 Å². The van der Waals surface area contributed by atoms with Gasteiger partial charge in [0.1, 0.15) is 4.90 Å². The fraction of sp³-hybridized carbons (Fsp3) is 0.182. The molecule has 102 valence electrons. The first-order chi connectivity index (χ1) is 8.90. The molecule has 0 aromatic carbocycles. The zero-order valence-electron chi connectivity index (χ0n) is 9.88. The van der Waals surface area contributed by atoms with Crippen molar-refractivity contribution in [2.24, 2.45) is 0 Å². The largest absolute Gasteiger partial charge is 0.366 e. The second-order valence-corrected chi connectivity index (χ2v) is 7.29. The summed E-state index contributed by atoms with van der Waals surface area (Å²) in [6.07, 6.45) is 2.54. The van der Waals surface area contributed by atoms with Crippen molar-refractivity contribution in [3.8, 4) is 0 Å². The number of hydrogen-bond donors (Lipinski definition) is 2. The first-order valence-electron chi connectivity index (χ1n) is 5.35. The highest BCUT2D eigenvalue weighted by molar-refractivity contribution is 7.89. The van der Waals surface area contributed by atoms with Crippen LogP contribution in [0.3, 0.4) is 0 Å². The number of halogens is 1. The van der Waals surface area contributed by atoms with Crippen LogP contribution in [-0.4, -0.2) is 13.4 Å². The standard InChI is InChI=1S/C11H11ClN2O3S2/c1-7(9-2-3-11(12)18-9)14-19(16,17)10-6-13-5-4-8(10)15/h2-7,14H,1H3,(H,13,15). The Balaban J connectivity index is 2.28. The molecule has 2 heterocycles. The molecule has 0 aliphatic heterocycles. The Morgan fingerprint density at radius 1 is 1.37 bits per heavy atom. The maximum Gasteiger partial charge on any atom is 0.246 e. The van der Waals surface area contributed by atoms with Gasteiger partial charge in [0.25, 0.3) is 0 Å². The third kappa shape index (κ3) is 3.24.